The monoisotopic (exact) mass is 358 g/mol. The van der Waals surface area contributed by atoms with Crippen LogP contribution in [0.15, 0.2) is 47.5 Å². The maximum atomic E-state index is 12.9. The van der Waals surface area contributed by atoms with Gasteiger partial charge in [0.1, 0.15) is 5.82 Å². The third-order valence-electron chi connectivity index (χ3n) is 4.55. The lowest BCUT2D eigenvalue weighted by Crippen LogP contribution is -2.48. The highest BCUT2D eigenvalue weighted by Gasteiger charge is 2.30. The highest BCUT2D eigenvalue weighted by Crippen LogP contribution is 2.28. The number of carbonyl (C=O) groups is 1. The van der Waals surface area contributed by atoms with E-state index in [-0.39, 0.29) is 17.2 Å². The Bertz CT molecular complexity index is 907. The maximum Gasteiger partial charge on any atom is 0.243 e. The standard InChI is InChI=1S/C17H18N4O3S/c22-17-12-13-11-14(4-5-15(13)19-17)25(23,24)21-9-7-20(8-10-21)16-3-1-2-6-18-16/h1-6,11H,7-10,12H2,(H,19,22). The van der Waals surface area contributed by atoms with E-state index in [0.717, 1.165) is 11.4 Å². The predicted octanol–water partition coefficient (Wildman–Crippen LogP) is 1.09. The summed E-state index contributed by atoms with van der Waals surface area (Å²) in [6.07, 6.45) is 1.96. The number of piperazine rings is 1. The molecule has 1 aromatic carbocycles. The topological polar surface area (TPSA) is 82.6 Å². The predicted molar refractivity (Wildman–Crippen MR) is 94.0 cm³/mol. The van der Waals surface area contributed by atoms with Crippen molar-refractivity contribution < 1.29 is 13.2 Å². The lowest BCUT2D eigenvalue weighted by atomic mass is 10.2. The van der Waals surface area contributed by atoms with E-state index in [9.17, 15) is 13.2 Å². The molecule has 0 spiro atoms. The zero-order chi connectivity index (χ0) is 17.4. The van der Waals surface area contributed by atoms with Gasteiger partial charge in [-0.15, -0.1) is 0 Å². The molecule has 0 unspecified atom stereocenters. The van der Waals surface area contributed by atoms with Crippen LogP contribution in [0, 0.1) is 0 Å². The van der Waals surface area contributed by atoms with Crippen LogP contribution in [0.5, 0.6) is 0 Å². The molecule has 2 aliphatic heterocycles. The van der Waals surface area contributed by atoms with Gasteiger partial charge < -0.3 is 10.2 Å². The van der Waals surface area contributed by atoms with E-state index in [2.05, 4.69) is 15.2 Å². The van der Waals surface area contributed by atoms with Crippen LogP contribution in [0.4, 0.5) is 11.5 Å². The van der Waals surface area contributed by atoms with Gasteiger partial charge in [-0.2, -0.15) is 4.31 Å². The second-order valence-electron chi connectivity index (χ2n) is 6.12. The number of anilines is 2. The number of hydrogen-bond acceptors (Lipinski definition) is 5. The van der Waals surface area contributed by atoms with Crippen molar-refractivity contribution in [3.8, 4) is 0 Å². The van der Waals surface area contributed by atoms with Crippen LogP contribution in [0.25, 0.3) is 0 Å². The number of aromatic nitrogens is 1. The average Bonchev–Trinajstić information content (AvgIpc) is 3.02. The minimum atomic E-state index is -3.56. The van der Waals surface area contributed by atoms with Gasteiger partial charge in [-0.3, -0.25) is 4.79 Å². The van der Waals surface area contributed by atoms with E-state index in [1.165, 1.54) is 4.31 Å². The normalized spacial score (nSPS) is 18.1. The Morgan fingerprint density at radius 1 is 1.04 bits per heavy atom. The van der Waals surface area contributed by atoms with Gasteiger partial charge in [-0.1, -0.05) is 6.07 Å². The fraction of sp³-hybridized carbons (Fsp3) is 0.294. The summed E-state index contributed by atoms with van der Waals surface area (Å²) in [5, 5.41) is 2.72. The summed E-state index contributed by atoms with van der Waals surface area (Å²) >= 11 is 0. The van der Waals surface area contributed by atoms with Gasteiger partial charge in [0.05, 0.1) is 11.3 Å². The van der Waals surface area contributed by atoms with Gasteiger partial charge in [0.25, 0.3) is 0 Å². The van der Waals surface area contributed by atoms with Crippen LogP contribution in [-0.4, -0.2) is 49.8 Å². The fourth-order valence-electron chi connectivity index (χ4n) is 3.21. The van der Waals surface area contributed by atoms with Crippen molar-refractivity contribution in [2.75, 3.05) is 36.4 Å². The van der Waals surface area contributed by atoms with Gasteiger partial charge in [0.2, 0.25) is 15.9 Å². The number of pyridine rings is 1. The number of nitrogens with one attached hydrogen (secondary N) is 1. The summed E-state index contributed by atoms with van der Waals surface area (Å²) in [6, 6.07) is 10.5. The number of hydrogen-bond donors (Lipinski definition) is 1. The second-order valence-corrected chi connectivity index (χ2v) is 8.06. The number of carbonyl (C=O) groups excluding carboxylic acids is 1. The maximum absolute atomic E-state index is 12.9. The van der Waals surface area contributed by atoms with Gasteiger partial charge in [-0.25, -0.2) is 13.4 Å². The minimum absolute atomic E-state index is 0.103. The van der Waals surface area contributed by atoms with Crippen molar-refractivity contribution in [2.24, 2.45) is 0 Å². The molecule has 1 N–H and O–H groups in total. The van der Waals surface area contributed by atoms with Crippen molar-refractivity contribution >= 4 is 27.4 Å². The van der Waals surface area contributed by atoms with Crippen molar-refractivity contribution in [2.45, 2.75) is 11.3 Å². The third kappa shape index (κ3) is 2.98. The number of rotatable bonds is 3. The molecule has 130 valence electrons. The number of nitrogens with zero attached hydrogens (tertiary/aromatic N) is 3. The van der Waals surface area contributed by atoms with Gasteiger partial charge >= 0.3 is 0 Å². The highest BCUT2D eigenvalue weighted by atomic mass is 32.2. The Kier molecular flexibility index (Phi) is 3.93. The minimum Gasteiger partial charge on any atom is -0.354 e. The largest absolute Gasteiger partial charge is 0.354 e. The Balaban J connectivity index is 1.51. The zero-order valence-electron chi connectivity index (χ0n) is 13.6. The molecule has 0 bridgehead atoms. The van der Waals surface area contributed by atoms with Gasteiger partial charge in [0.15, 0.2) is 0 Å². The Morgan fingerprint density at radius 2 is 1.84 bits per heavy atom. The van der Waals surface area contributed by atoms with Crippen LogP contribution in [0.2, 0.25) is 0 Å². The molecule has 4 rings (SSSR count). The number of fused-ring (bicyclic) bond motifs is 1. The summed E-state index contributed by atoms with van der Waals surface area (Å²) in [4.78, 5) is 18.1. The van der Waals surface area contributed by atoms with E-state index in [4.69, 9.17) is 0 Å². The highest BCUT2D eigenvalue weighted by molar-refractivity contribution is 7.89. The van der Waals surface area contributed by atoms with Crippen LogP contribution >= 0.6 is 0 Å². The first-order valence-electron chi connectivity index (χ1n) is 8.13. The molecular weight excluding hydrogens is 340 g/mol. The summed E-state index contributed by atoms with van der Waals surface area (Å²) in [5.41, 5.74) is 1.43. The third-order valence-corrected chi connectivity index (χ3v) is 6.45. The zero-order valence-corrected chi connectivity index (χ0v) is 14.4. The van der Waals surface area contributed by atoms with Crippen molar-refractivity contribution in [1.29, 1.82) is 0 Å². The molecule has 0 saturated carbocycles. The van der Waals surface area contributed by atoms with Gasteiger partial charge in [0, 0.05) is 38.1 Å². The molecule has 2 aliphatic rings. The molecule has 2 aromatic rings. The molecule has 0 radical (unpaired) electrons. The summed E-state index contributed by atoms with van der Waals surface area (Å²) < 4.78 is 27.3. The molecular formula is C17H18N4O3S. The van der Waals surface area contributed by atoms with Crippen LogP contribution < -0.4 is 10.2 Å². The lowest BCUT2D eigenvalue weighted by molar-refractivity contribution is -0.115. The average molecular weight is 358 g/mol. The first-order valence-corrected chi connectivity index (χ1v) is 9.57. The van der Waals surface area contributed by atoms with Crippen LogP contribution in [0.3, 0.4) is 0 Å². The number of amides is 1. The molecule has 1 aromatic heterocycles. The second kappa shape index (κ2) is 6.12. The Hall–Kier alpha value is -2.45. The molecule has 0 atom stereocenters. The smallest absolute Gasteiger partial charge is 0.243 e. The van der Waals surface area contributed by atoms with Crippen molar-refractivity contribution in [3.05, 3.63) is 48.2 Å². The quantitative estimate of drug-likeness (QED) is 0.888. The molecule has 25 heavy (non-hydrogen) atoms. The lowest BCUT2D eigenvalue weighted by Gasteiger charge is -2.34. The summed E-state index contributed by atoms with van der Waals surface area (Å²) in [7, 11) is -3.56. The van der Waals surface area contributed by atoms with E-state index in [1.54, 1.807) is 24.4 Å². The molecule has 7 nitrogen and oxygen atoms in total. The summed E-state index contributed by atoms with van der Waals surface area (Å²) in [5.74, 6) is 0.759. The molecule has 3 heterocycles. The fourth-order valence-corrected chi connectivity index (χ4v) is 4.69. The number of benzene rings is 1. The first-order chi connectivity index (χ1) is 12.0. The van der Waals surface area contributed by atoms with E-state index in [0.29, 0.717) is 31.9 Å². The van der Waals surface area contributed by atoms with E-state index in [1.807, 2.05) is 18.2 Å². The summed E-state index contributed by atoms with van der Waals surface area (Å²) in [6.45, 7) is 2.02. The van der Waals surface area contributed by atoms with Crippen LogP contribution in [0.1, 0.15) is 5.56 Å². The molecule has 1 saturated heterocycles. The number of sulfonamides is 1. The van der Waals surface area contributed by atoms with Crippen LogP contribution in [-0.2, 0) is 21.2 Å². The van der Waals surface area contributed by atoms with Gasteiger partial charge in [-0.05, 0) is 35.9 Å². The van der Waals surface area contributed by atoms with E-state index < -0.39 is 10.0 Å². The molecule has 1 amide bonds. The first kappa shape index (κ1) is 16.0. The SMILES string of the molecule is O=C1Cc2cc(S(=O)(=O)N3CCN(c4ccccn4)CC3)ccc2N1. The molecule has 0 aliphatic carbocycles. The molecule has 1 fully saturated rings. The van der Waals surface area contributed by atoms with Crippen molar-refractivity contribution in [3.63, 3.8) is 0 Å². The Morgan fingerprint density at radius 3 is 2.56 bits per heavy atom. The van der Waals surface area contributed by atoms with Crippen molar-refractivity contribution in [1.82, 2.24) is 9.29 Å². The van der Waals surface area contributed by atoms with E-state index >= 15 is 0 Å². The Labute approximate surface area is 146 Å². The molecule has 8 heteroatoms.